The second-order valence-electron chi connectivity index (χ2n) is 8.05. The number of carbonyl (C=O) groups excluding carboxylic acids is 2. The van der Waals surface area contributed by atoms with E-state index in [2.05, 4.69) is 15.6 Å². The fraction of sp³-hybridized carbons (Fsp3) is 0.292. The Bertz CT molecular complexity index is 1110. The van der Waals surface area contributed by atoms with E-state index < -0.39 is 6.04 Å². The zero-order chi connectivity index (χ0) is 22.0. The normalized spacial score (nSPS) is 16.0. The number of nitrogens with zero attached hydrogens (tertiary/aromatic N) is 2. The lowest BCUT2D eigenvalue weighted by molar-refractivity contribution is -0.139. The Morgan fingerprint density at radius 2 is 1.81 bits per heavy atom. The highest BCUT2D eigenvalue weighted by molar-refractivity contribution is 6.08. The van der Waals surface area contributed by atoms with Gasteiger partial charge in [0.1, 0.15) is 11.9 Å². The van der Waals surface area contributed by atoms with E-state index in [-0.39, 0.29) is 23.5 Å². The number of rotatable bonds is 5. The van der Waals surface area contributed by atoms with Gasteiger partial charge in [0.25, 0.3) is 0 Å². The quantitative estimate of drug-likeness (QED) is 0.627. The van der Waals surface area contributed by atoms with Crippen molar-refractivity contribution in [2.75, 3.05) is 17.2 Å². The van der Waals surface area contributed by atoms with Crippen molar-refractivity contribution in [1.82, 2.24) is 9.88 Å². The van der Waals surface area contributed by atoms with Crippen LogP contribution in [0, 0.1) is 11.7 Å². The van der Waals surface area contributed by atoms with Crippen molar-refractivity contribution in [3.8, 4) is 0 Å². The van der Waals surface area contributed by atoms with Crippen LogP contribution in [0.4, 0.5) is 21.5 Å². The predicted molar refractivity (Wildman–Crippen MR) is 120 cm³/mol. The van der Waals surface area contributed by atoms with Crippen LogP contribution in [0.5, 0.6) is 0 Å². The molecule has 1 atom stereocenters. The summed E-state index contributed by atoms with van der Waals surface area (Å²) < 4.78 is 13.2. The Labute approximate surface area is 180 Å². The fourth-order valence-electron chi connectivity index (χ4n) is 3.95. The standard InChI is InChI=1S/C24H25FN4O2/c1-15(2)24(31)29-13-3-4-22(29)23(30)28-21-10-9-20(18-11-12-26-14-19(18)21)27-17-7-5-16(25)6-8-17/h5-12,14-15,22,27H,3-4,13H2,1-2H3,(H,28,30). The van der Waals surface area contributed by atoms with Gasteiger partial charge in [0, 0.05) is 47.0 Å². The van der Waals surface area contributed by atoms with Crippen LogP contribution in [0.25, 0.3) is 10.8 Å². The minimum absolute atomic E-state index is 0.00280. The Hall–Kier alpha value is -3.48. The molecule has 2 heterocycles. The van der Waals surface area contributed by atoms with Gasteiger partial charge < -0.3 is 15.5 Å². The third kappa shape index (κ3) is 4.35. The predicted octanol–water partition coefficient (Wildman–Crippen LogP) is 4.70. The SMILES string of the molecule is CC(C)C(=O)N1CCCC1C(=O)Nc1ccc(Nc2ccc(F)cc2)c2ccncc12. The monoisotopic (exact) mass is 420 g/mol. The number of anilines is 3. The van der Waals surface area contributed by atoms with Crippen LogP contribution in [-0.2, 0) is 9.59 Å². The molecule has 2 N–H and O–H groups in total. The molecular weight excluding hydrogens is 395 g/mol. The molecule has 0 aliphatic carbocycles. The molecule has 1 fully saturated rings. The van der Waals surface area contributed by atoms with Crippen molar-refractivity contribution in [3.05, 3.63) is 60.7 Å². The molecule has 31 heavy (non-hydrogen) atoms. The zero-order valence-electron chi connectivity index (χ0n) is 17.6. The summed E-state index contributed by atoms with van der Waals surface area (Å²) >= 11 is 0. The van der Waals surface area contributed by atoms with Crippen LogP contribution in [-0.4, -0.2) is 34.3 Å². The average Bonchev–Trinajstić information content (AvgIpc) is 3.26. The van der Waals surface area contributed by atoms with Crippen molar-refractivity contribution >= 4 is 39.6 Å². The van der Waals surface area contributed by atoms with Crippen molar-refractivity contribution < 1.29 is 14.0 Å². The summed E-state index contributed by atoms with van der Waals surface area (Å²) in [5.74, 6) is -0.622. The van der Waals surface area contributed by atoms with Crippen LogP contribution < -0.4 is 10.6 Å². The number of likely N-dealkylation sites (tertiary alicyclic amines) is 1. The van der Waals surface area contributed by atoms with Crippen LogP contribution in [0.1, 0.15) is 26.7 Å². The van der Waals surface area contributed by atoms with Crippen molar-refractivity contribution in [2.24, 2.45) is 5.92 Å². The van der Waals surface area contributed by atoms with Crippen molar-refractivity contribution in [3.63, 3.8) is 0 Å². The molecule has 2 aromatic carbocycles. The molecule has 1 aromatic heterocycles. The van der Waals surface area contributed by atoms with Gasteiger partial charge in [-0.2, -0.15) is 0 Å². The topological polar surface area (TPSA) is 74.3 Å². The molecule has 160 valence electrons. The Morgan fingerprint density at radius 3 is 2.55 bits per heavy atom. The molecule has 0 radical (unpaired) electrons. The Balaban J connectivity index is 1.59. The lowest BCUT2D eigenvalue weighted by Gasteiger charge is -2.26. The number of hydrogen-bond donors (Lipinski definition) is 2. The molecule has 2 amide bonds. The largest absolute Gasteiger partial charge is 0.355 e. The number of nitrogens with one attached hydrogen (secondary N) is 2. The fourth-order valence-corrected chi connectivity index (χ4v) is 3.95. The summed E-state index contributed by atoms with van der Waals surface area (Å²) in [6, 6.07) is 11.2. The first-order valence-electron chi connectivity index (χ1n) is 10.4. The van der Waals surface area contributed by atoms with E-state index in [0.29, 0.717) is 18.7 Å². The second kappa shape index (κ2) is 8.71. The molecule has 1 unspecified atom stereocenters. The molecule has 1 aliphatic rings. The van der Waals surface area contributed by atoms with Gasteiger partial charge in [0.2, 0.25) is 11.8 Å². The van der Waals surface area contributed by atoms with E-state index in [1.807, 2.05) is 32.0 Å². The molecule has 6 nitrogen and oxygen atoms in total. The van der Waals surface area contributed by atoms with E-state index in [0.717, 1.165) is 28.6 Å². The summed E-state index contributed by atoms with van der Waals surface area (Å²) in [4.78, 5) is 31.4. The maximum absolute atomic E-state index is 13.2. The molecule has 1 aliphatic heterocycles. The van der Waals surface area contributed by atoms with Gasteiger partial charge in [-0.3, -0.25) is 14.6 Å². The average molecular weight is 420 g/mol. The highest BCUT2D eigenvalue weighted by Crippen LogP contribution is 2.32. The highest BCUT2D eigenvalue weighted by atomic mass is 19.1. The lowest BCUT2D eigenvalue weighted by atomic mass is 10.1. The van der Waals surface area contributed by atoms with Gasteiger partial charge >= 0.3 is 0 Å². The number of amides is 2. The smallest absolute Gasteiger partial charge is 0.247 e. The molecular formula is C24H25FN4O2. The van der Waals surface area contributed by atoms with Crippen LogP contribution >= 0.6 is 0 Å². The van der Waals surface area contributed by atoms with Crippen LogP contribution in [0.2, 0.25) is 0 Å². The number of fused-ring (bicyclic) bond motifs is 1. The number of hydrogen-bond acceptors (Lipinski definition) is 4. The Kier molecular flexibility index (Phi) is 5.84. The minimum atomic E-state index is -0.460. The maximum atomic E-state index is 13.2. The number of benzene rings is 2. The summed E-state index contributed by atoms with van der Waals surface area (Å²) in [6.07, 6.45) is 4.86. The number of aromatic nitrogens is 1. The van der Waals surface area contributed by atoms with Crippen molar-refractivity contribution in [1.29, 1.82) is 0 Å². The van der Waals surface area contributed by atoms with Gasteiger partial charge in [-0.1, -0.05) is 13.8 Å². The molecule has 4 rings (SSSR count). The first-order valence-corrected chi connectivity index (χ1v) is 10.4. The molecule has 0 spiro atoms. The summed E-state index contributed by atoms with van der Waals surface area (Å²) in [6.45, 7) is 4.31. The van der Waals surface area contributed by atoms with Crippen LogP contribution in [0.15, 0.2) is 54.9 Å². The summed E-state index contributed by atoms with van der Waals surface area (Å²) in [5.41, 5.74) is 2.21. The van der Waals surface area contributed by atoms with E-state index in [4.69, 9.17) is 0 Å². The van der Waals surface area contributed by atoms with Gasteiger partial charge in [0.05, 0.1) is 5.69 Å². The van der Waals surface area contributed by atoms with Gasteiger partial charge in [-0.05, 0) is 55.3 Å². The summed E-state index contributed by atoms with van der Waals surface area (Å²) in [7, 11) is 0. The van der Waals surface area contributed by atoms with E-state index in [1.54, 1.807) is 29.4 Å². The molecule has 3 aromatic rings. The minimum Gasteiger partial charge on any atom is -0.355 e. The van der Waals surface area contributed by atoms with Gasteiger partial charge in [0.15, 0.2) is 0 Å². The number of halogens is 1. The van der Waals surface area contributed by atoms with Gasteiger partial charge in [-0.15, -0.1) is 0 Å². The molecule has 0 saturated carbocycles. The first-order chi connectivity index (χ1) is 14.9. The van der Waals surface area contributed by atoms with Crippen molar-refractivity contribution in [2.45, 2.75) is 32.7 Å². The second-order valence-corrected chi connectivity index (χ2v) is 8.05. The van der Waals surface area contributed by atoms with E-state index in [1.165, 1.54) is 12.1 Å². The first kappa shape index (κ1) is 20.8. The lowest BCUT2D eigenvalue weighted by Crippen LogP contribution is -2.44. The number of carbonyl (C=O) groups is 2. The zero-order valence-corrected chi connectivity index (χ0v) is 17.6. The van der Waals surface area contributed by atoms with E-state index >= 15 is 0 Å². The third-order valence-corrected chi connectivity index (χ3v) is 5.53. The van der Waals surface area contributed by atoms with Gasteiger partial charge in [-0.25, -0.2) is 4.39 Å². The summed E-state index contributed by atoms with van der Waals surface area (Å²) in [5, 5.41) is 7.94. The Morgan fingerprint density at radius 1 is 1.06 bits per heavy atom. The maximum Gasteiger partial charge on any atom is 0.247 e. The number of pyridine rings is 1. The third-order valence-electron chi connectivity index (χ3n) is 5.53. The van der Waals surface area contributed by atoms with E-state index in [9.17, 15) is 14.0 Å². The highest BCUT2D eigenvalue weighted by Gasteiger charge is 2.35. The molecule has 1 saturated heterocycles. The molecule has 0 bridgehead atoms. The van der Waals surface area contributed by atoms with Crippen LogP contribution in [0.3, 0.4) is 0 Å². The molecule has 7 heteroatoms.